The van der Waals surface area contributed by atoms with Crippen LogP contribution in [0.2, 0.25) is 5.02 Å². The quantitative estimate of drug-likeness (QED) is 0.794. The van der Waals surface area contributed by atoms with Crippen LogP contribution in [0.25, 0.3) is 0 Å². The molecule has 2 heterocycles. The van der Waals surface area contributed by atoms with Gasteiger partial charge >= 0.3 is 12.2 Å². The average molecular weight is 392 g/mol. The second-order valence-electron chi connectivity index (χ2n) is 6.88. The van der Waals surface area contributed by atoms with Crippen molar-refractivity contribution in [2.75, 3.05) is 45.2 Å². The van der Waals surface area contributed by atoms with Gasteiger partial charge in [-0.2, -0.15) is 13.2 Å². The molecule has 0 aliphatic carbocycles. The minimum atomic E-state index is -4.57. The van der Waals surface area contributed by atoms with E-state index < -0.39 is 22.8 Å². The summed E-state index contributed by atoms with van der Waals surface area (Å²) in [7, 11) is 2.04. The Balaban J connectivity index is 1.61. The van der Waals surface area contributed by atoms with Crippen molar-refractivity contribution >= 4 is 23.3 Å². The van der Waals surface area contributed by atoms with Crippen molar-refractivity contribution in [2.45, 2.75) is 24.6 Å². The van der Waals surface area contributed by atoms with Crippen molar-refractivity contribution in [3.63, 3.8) is 0 Å². The number of piperidine rings is 1. The molecule has 26 heavy (non-hydrogen) atoms. The maximum absolute atomic E-state index is 12.9. The monoisotopic (exact) mass is 391 g/mol. The SMILES string of the molecule is CN1CCOC2(CCN(C(=O)Nc3ccc(Cl)c(C(F)(F)F)c3)CC2)C1. The van der Waals surface area contributed by atoms with Gasteiger partial charge in [0.05, 0.1) is 22.8 Å². The number of anilines is 1. The molecule has 0 unspecified atom stereocenters. The van der Waals surface area contributed by atoms with Gasteiger partial charge in [-0.1, -0.05) is 11.6 Å². The molecule has 9 heteroatoms. The van der Waals surface area contributed by atoms with E-state index in [2.05, 4.69) is 10.2 Å². The Morgan fingerprint density at radius 3 is 2.58 bits per heavy atom. The van der Waals surface area contributed by atoms with Crippen molar-refractivity contribution in [1.29, 1.82) is 0 Å². The van der Waals surface area contributed by atoms with E-state index in [9.17, 15) is 18.0 Å². The molecule has 0 radical (unpaired) electrons. The van der Waals surface area contributed by atoms with Crippen LogP contribution in [-0.2, 0) is 10.9 Å². The number of carbonyl (C=O) groups excluding carboxylic acids is 1. The summed E-state index contributed by atoms with van der Waals surface area (Å²) in [5, 5.41) is 2.13. The predicted molar refractivity (Wildman–Crippen MR) is 92.5 cm³/mol. The maximum Gasteiger partial charge on any atom is 0.417 e. The Morgan fingerprint density at radius 1 is 1.27 bits per heavy atom. The Labute approximate surface area is 155 Å². The Kier molecular flexibility index (Phi) is 5.37. The first-order valence-electron chi connectivity index (χ1n) is 8.44. The normalized spacial score (nSPS) is 21.0. The number of nitrogens with zero attached hydrogens (tertiary/aromatic N) is 2. The molecule has 144 valence electrons. The van der Waals surface area contributed by atoms with Gasteiger partial charge in [0.15, 0.2) is 0 Å². The lowest BCUT2D eigenvalue weighted by Crippen LogP contribution is -2.57. The van der Waals surface area contributed by atoms with Gasteiger partial charge in [-0.3, -0.25) is 0 Å². The van der Waals surface area contributed by atoms with E-state index in [-0.39, 0.29) is 11.3 Å². The number of hydrogen-bond acceptors (Lipinski definition) is 3. The summed E-state index contributed by atoms with van der Waals surface area (Å²) in [5.41, 5.74) is -1.12. The zero-order chi connectivity index (χ0) is 18.9. The van der Waals surface area contributed by atoms with Crippen molar-refractivity contribution in [1.82, 2.24) is 9.80 Å². The van der Waals surface area contributed by atoms with Crippen LogP contribution in [0.3, 0.4) is 0 Å². The van der Waals surface area contributed by atoms with Crippen LogP contribution in [0.5, 0.6) is 0 Å². The fraction of sp³-hybridized carbons (Fsp3) is 0.588. The Morgan fingerprint density at radius 2 is 1.96 bits per heavy atom. The van der Waals surface area contributed by atoms with Gasteiger partial charge in [0.1, 0.15) is 0 Å². The summed E-state index contributed by atoms with van der Waals surface area (Å²) in [4.78, 5) is 16.2. The lowest BCUT2D eigenvalue weighted by Gasteiger charge is -2.46. The molecule has 1 aromatic rings. The molecule has 2 fully saturated rings. The van der Waals surface area contributed by atoms with Gasteiger partial charge in [0.2, 0.25) is 0 Å². The fourth-order valence-corrected chi connectivity index (χ4v) is 3.70. The number of carbonyl (C=O) groups is 1. The largest absolute Gasteiger partial charge is 0.417 e. The number of rotatable bonds is 1. The van der Waals surface area contributed by atoms with E-state index in [1.807, 2.05) is 7.05 Å². The number of amides is 2. The number of morpholine rings is 1. The zero-order valence-corrected chi connectivity index (χ0v) is 15.2. The number of ether oxygens (including phenoxy) is 1. The molecule has 2 aliphatic heterocycles. The molecule has 1 spiro atoms. The predicted octanol–water partition coefficient (Wildman–Crippen LogP) is 3.69. The highest BCUT2D eigenvalue weighted by Gasteiger charge is 2.40. The molecular formula is C17H21ClF3N3O2. The molecule has 1 aromatic carbocycles. The zero-order valence-electron chi connectivity index (χ0n) is 14.4. The number of alkyl halides is 3. The van der Waals surface area contributed by atoms with Gasteiger partial charge in [0, 0.05) is 31.9 Å². The summed E-state index contributed by atoms with van der Waals surface area (Å²) in [6.45, 7) is 3.39. The van der Waals surface area contributed by atoms with Gasteiger partial charge in [-0.15, -0.1) is 0 Å². The number of halogens is 4. The minimum absolute atomic E-state index is 0.0701. The first-order valence-corrected chi connectivity index (χ1v) is 8.82. The third-order valence-corrected chi connectivity index (χ3v) is 5.25. The Hall–Kier alpha value is -1.51. The first-order chi connectivity index (χ1) is 12.2. The van der Waals surface area contributed by atoms with E-state index >= 15 is 0 Å². The summed E-state index contributed by atoms with van der Waals surface area (Å²) in [6.07, 6.45) is -3.15. The van der Waals surface area contributed by atoms with Gasteiger partial charge in [-0.05, 0) is 38.1 Å². The molecule has 5 nitrogen and oxygen atoms in total. The number of urea groups is 1. The molecule has 0 aromatic heterocycles. The highest BCUT2D eigenvalue weighted by atomic mass is 35.5. The summed E-state index contributed by atoms with van der Waals surface area (Å²) in [6, 6.07) is 2.93. The minimum Gasteiger partial charge on any atom is -0.372 e. The highest BCUT2D eigenvalue weighted by Crippen LogP contribution is 2.36. The number of likely N-dealkylation sites (N-methyl/N-ethyl adjacent to an activating group) is 1. The second kappa shape index (κ2) is 7.25. The van der Waals surface area contributed by atoms with E-state index in [1.54, 1.807) is 4.90 Å². The van der Waals surface area contributed by atoms with Crippen LogP contribution in [0.15, 0.2) is 18.2 Å². The number of hydrogen-bond donors (Lipinski definition) is 1. The van der Waals surface area contributed by atoms with Crippen LogP contribution in [0.4, 0.5) is 23.7 Å². The van der Waals surface area contributed by atoms with E-state index in [0.717, 1.165) is 25.2 Å². The van der Waals surface area contributed by atoms with Gasteiger partial charge < -0.3 is 19.9 Å². The summed E-state index contributed by atoms with van der Waals surface area (Å²) in [5.74, 6) is 0. The third-order valence-electron chi connectivity index (χ3n) is 4.92. The van der Waals surface area contributed by atoms with Crippen LogP contribution < -0.4 is 5.32 Å². The molecular weight excluding hydrogens is 371 g/mol. The van der Waals surface area contributed by atoms with E-state index in [1.165, 1.54) is 6.07 Å². The lowest BCUT2D eigenvalue weighted by atomic mass is 9.89. The summed E-state index contributed by atoms with van der Waals surface area (Å²) >= 11 is 5.60. The molecule has 0 saturated carbocycles. The molecule has 3 rings (SSSR count). The number of nitrogens with one attached hydrogen (secondary N) is 1. The average Bonchev–Trinajstić information content (AvgIpc) is 2.56. The Bertz CT molecular complexity index is 676. The maximum atomic E-state index is 12.9. The van der Waals surface area contributed by atoms with Crippen molar-refractivity contribution in [2.24, 2.45) is 0 Å². The van der Waals surface area contributed by atoms with Gasteiger partial charge in [0.25, 0.3) is 0 Å². The van der Waals surface area contributed by atoms with Crippen LogP contribution in [0.1, 0.15) is 18.4 Å². The van der Waals surface area contributed by atoms with Crippen LogP contribution >= 0.6 is 11.6 Å². The van der Waals surface area contributed by atoms with E-state index in [0.29, 0.717) is 32.5 Å². The molecule has 0 bridgehead atoms. The standard InChI is InChI=1S/C17H21ClF3N3O2/c1-23-8-9-26-16(11-23)4-6-24(7-5-16)15(25)22-12-2-3-14(18)13(10-12)17(19,20)21/h2-3,10H,4-9,11H2,1H3,(H,22,25). The molecule has 2 saturated heterocycles. The van der Waals surface area contributed by atoms with Crippen molar-refractivity contribution in [3.8, 4) is 0 Å². The lowest BCUT2D eigenvalue weighted by molar-refractivity contribution is -0.137. The van der Waals surface area contributed by atoms with Crippen molar-refractivity contribution in [3.05, 3.63) is 28.8 Å². The van der Waals surface area contributed by atoms with E-state index in [4.69, 9.17) is 16.3 Å². The van der Waals surface area contributed by atoms with Crippen LogP contribution in [0, 0.1) is 0 Å². The number of benzene rings is 1. The van der Waals surface area contributed by atoms with Crippen molar-refractivity contribution < 1.29 is 22.7 Å². The highest BCUT2D eigenvalue weighted by molar-refractivity contribution is 6.31. The second-order valence-corrected chi connectivity index (χ2v) is 7.29. The van der Waals surface area contributed by atoms with Crippen LogP contribution in [-0.4, -0.2) is 61.3 Å². The van der Waals surface area contributed by atoms with Gasteiger partial charge in [-0.25, -0.2) is 4.79 Å². The molecule has 2 aliphatic rings. The fourth-order valence-electron chi connectivity index (χ4n) is 3.48. The third kappa shape index (κ3) is 4.24. The number of likely N-dealkylation sites (tertiary alicyclic amines) is 1. The summed E-state index contributed by atoms with van der Waals surface area (Å²) < 4.78 is 44.7. The molecule has 0 atom stereocenters. The first kappa shape index (κ1) is 19.3. The molecule has 2 amide bonds. The topological polar surface area (TPSA) is 44.8 Å². The smallest absolute Gasteiger partial charge is 0.372 e. The molecule has 1 N–H and O–H groups in total.